The van der Waals surface area contributed by atoms with Gasteiger partial charge in [0.15, 0.2) is 0 Å². The van der Waals surface area contributed by atoms with Gasteiger partial charge in [-0.1, -0.05) is 194 Å². The molecule has 2 aliphatic rings. The van der Waals surface area contributed by atoms with Gasteiger partial charge in [0.05, 0.1) is 22.1 Å². The van der Waals surface area contributed by atoms with Crippen molar-refractivity contribution < 1.29 is 0 Å². The van der Waals surface area contributed by atoms with Gasteiger partial charge in [0.2, 0.25) is 0 Å². The van der Waals surface area contributed by atoms with E-state index in [-0.39, 0.29) is 0 Å². The second kappa shape index (κ2) is 13.9. The molecule has 0 radical (unpaired) electrons. The van der Waals surface area contributed by atoms with Gasteiger partial charge in [0, 0.05) is 33.4 Å². The fourth-order valence-electron chi connectivity index (χ4n) is 11.0. The number of hydrogen-bond donors (Lipinski definition) is 0. The molecule has 0 atom stereocenters. The SMILES string of the molecule is c1ccc(-c2ccc(-c3ccccc3N(c3ccc4c(c3)C3(c5ccccc5-c5ccccc53)c3ccccc3-4)c3ccc4c5ccccc5n(-c5ccccc5)c4c3)cc2)cc1. The van der Waals surface area contributed by atoms with Crippen LogP contribution in [0.4, 0.5) is 17.1 Å². The lowest BCUT2D eigenvalue weighted by Crippen LogP contribution is -2.26. The summed E-state index contributed by atoms with van der Waals surface area (Å²) in [5.41, 5.74) is 21.6. The van der Waals surface area contributed by atoms with Crippen molar-refractivity contribution in [3.8, 4) is 50.2 Å². The van der Waals surface area contributed by atoms with Crippen molar-refractivity contribution in [3.63, 3.8) is 0 Å². The number of aromatic nitrogens is 1. The summed E-state index contributed by atoms with van der Waals surface area (Å²) in [6.07, 6.45) is 0. The number of anilines is 3. The molecule has 0 saturated carbocycles. The molecule has 2 heteroatoms. The summed E-state index contributed by atoms with van der Waals surface area (Å²) in [5.74, 6) is 0. The smallest absolute Gasteiger partial charge is 0.0726 e. The molecule has 2 aliphatic carbocycles. The Hall–Kier alpha value is -8.20. The van der Waals surface area contributed by atoms with Crippen molar-refractivity contribution in [1.82, 2.24) is 4.57 Å². The van der Waals surface area contributed by atoms with E-state index in [0.717, 1.165) is 28.3 Å². The Morgan fingerprint density at radius 1 is 0.302 bits per heavy atom. The molecule has 0 saturated heterocycles. The zero-order valence-corrected chi connectivity index (χ0v) is 34.5. The van der Waals surface area contributed by atoms with Crippen LogP contribution in [-0.2, 0) is 5.41 Å². The van der Waals surface area contributed by atoms with Gasteiger partial charge in [-0.15, -0.1) is 0 Å². The molecule has 0 aliphatic heterocycles. The lowest BCUT2D eigenvalue weighted by atomic mass is 9.70. The molecule has 11 aromatic rings. The van der Waals surface area contributed by atoms with Crippen LogP contribution in [0.1, 0.15) is 22.3 Å². The first-order valence-corrected chi connectivity index (χ1v) is 21.8. The maximum atomic E-state index is 2.50. The lowest BCUT2D eigenvalue weighted by molar-refractivity contribution is 0.793. The normalized spacial score (nSPS) is 12.9. The number of nitrogens with zero attached hydrogens (tertiary/aromatic N) is 2. The lowest BCUT2D eigenvalue weighted by Gasteiger charge is -2.32. The molecule has 0 amide bonds. The van der Waals surface area contributed by atoms with E-state index in [1.165, 1.54) is 83.0 Å². The number of hydrogen-bond acceptors (Lipinski definition) is 1. The van der Waals surface area contributed by atoms with Crippen molar-refractivity contribution in [3.05, 3.63) is 265 Å². The molecule has 10 aromatic carbocycles. The highest BCUT2D eigenvalue weighted by Crippen LogP contribution is 2.63. The third kappa shape index (κ3) is 5.19. The molecule has 294 valence electrons. The van der Waals surface area contributed by atoms with Gasteiger partial charge >= 0.3 is 0 Å². The first-order valence-electron chi connectivity index (χ1n) is 21.8. The van der Waals surface area contributed by atoms with Crippen LogP contribution in [0.5, 0.6) is 0 Å². The molecule has 1 spiro atoms. The van der Waals surface area contributed by atoms with Crippen LogP contribution in [0.3, 0.4) is 0 Å². The van der Waals surface area contributed by atoms with Gasteiger partial charge in [-0.2, -0.15) is 0 Å². The number of benzene rings is 10. The van der Waals surface area contributed by atoms with Gasteiger partial charge in [-0.3, -0.25) is 0 Å². The predicted octanol–water partition coefficient (Wildman–Crippen LogP) is 15.9. The van der Waals surface area contributed by atoms with E-state index in [9.17, 15) is 0 Å². The van der Waals surface area contributed by atoms with E-state index in [0.29, 0.717) is 0 Å². The summed E-state index contributed by atoms with van der Waals surface area (Å²) >= 11 is 0. The molecular weight excluding hydrogens is 761 g/mol. The number of para-hydroxylation sites is 3. The Labute approximate surface area is 367 Å². The highest BCUT2D eigenvalue weighted by molar-refractivity contribution is 6.10. The Morgan fingerprint density at radius 2 is 0.778 bits per heavy atom. The van der Waals surface area contributed by atoms with E-state index in [2.05, 4.69) is 252 Å². The van der Waals surface area contributed by atoms with Gasteiger partial charge in [-0.25, -0.2) is 0 Å². The third-order valence-electron chi connectivity index (χ3n) is 13.6. The number of fused-ring (bicyclic) bond motifs is 13. The summed E-state index contributed by atoms with van der Waals surface area (Å²) in [6.45, 7) is 0. The van der Waals surface area contributed by atoms with Crippen molar-refractivity contribution >= 4 is 38.9 Å². The Morgan fingerprint density at radius 3 is 1.46 bits per heavy atom. The second-order valence-electron chi connectivity index (χ2n) is 16.8. The van der Waals surface area contributed by atoms with Crippen LogP contribution >= 0.6 is 0 Å². The van der Waals surface area contributed by atoms with Crippen molar-refractivity contribution in [2.24, 2.45) is 0 Å². The highest BCUT2D eigenvalue weighted by Gasteiger charge is 2.51. The summed E-state index contributed by atoms with van der Waals surface area (Å²) < 4.78 is 2.42. The molecule has 13 rings (SSSR count). The standard InChI is InChI=1S/C61H40N2/c1-3-17-41(18-4-1)42-31-33-43(34-32-42)47-21-10-15-29-58(47)62(46-36-38-53-52-25-11-16-30-59(52)63(60(53)40-46)44-19-5-2-6-20-44)45-35-37-51-50-24-9-14-28-56(50)61(57(51)39-45)54-26-12-7-22-48(54)49-23-8-13-27-55(49)61/h1-40H. The first-order chi connectivity index (χ1) is 31.3. The zero-order chi connectivity index (χ0) is 41.5. The topological polar surface area (TPSA) is 8.17 Å². The molecule has 2 nitrogen and oxygen atoms in total. The molecule has 1 heterocycles. The van der Waals surface area contributed by atoms with Gasteiger partial charge in [-0.05, 0) is 110 Å². The van der Waals surface area contributed by atoms with E-state index in [1.54, 1.807) is 0 Å². The summed E-state index contributed by atoms with van der Waals surface area (Å²) in [4.78, 5) is 2.50. The largest absolute Gasteiger partial charge is 0.310 e. The highest BCUT2D eigenvalue weighted by atomic mass is 15.1. The van der Waals surface area contributed by atoms with Crippen LogP contribution in [0.25, 0.3) is 72.0 Å². The summed E-state index contributed by atoms with van der Waals surface area (Å²) in [7, 11) is 0. The van der Waals surface area contributed by atoms with Gasteiger partial charge in [0.1, 0.15) is 0 Å². The molecular formula is C61H40N2. The van der Waals surface area contributed by atoms with Crippen molar-refractivity contribution in [1.29, 1.82) is 0 Å². The third-order valence-corrected chi connectivity index (χ3v) is 13.6. The van der Waals surface area contributed by atoms with Gasteiger partial charge in [0.25, 0.3) is 0 Å². The summed E-state index contributed by atoms with van der Waals surface area (Å²) in [6, 6.07) is 89.6. The minimum absolute atomic E-state index is 0.461. The zero-order valence-electron chi connectivity index (χ0n) is 34.5. The quantitative estimate of drug-likeness (QED) is 0.163. The Bertz CT molecular complexity index is 3500. The first kappa shape index (κ1) is 35.5. The van der Waals surface area contributed by atoms with Crippen LogP contribution in [0.15, 0.2) is 243 Å². The summed E-state index contributed by atoms with van der Waals surface area (Å²) in [5, 5.41) is 2.47. The second-order valence-corrected chi connectivity index (χ2v) is 16.8. The Balaban J connectivity index is 1.08. The fraction of sp³-hybridized carbons (Fsp3) is 0.0164. The monoisotopic (exact) mass is 800 g/mol. The van der Waals surface area contributed by atoms with Crippen LogP contribution in [0, 0.1) is 0 Å². The molecule has 0 unspecified atom stereocenters. The molecule has 0 fully saturated rings. The molecule has 0 bridgehead atoms. The average molecular weight is 801 g/mol. The number of rotatable bonds is 6. The maximum Gasteiger partial charge on any atom is 0.0726 e. The Kier molecular flexibility index (Phi) is 7.85. The van der Waals surface area contributed by atoms with Crippen LogP contribution < -0.4 is 4.90 Å². The minimum atomic E-state index is -0.461. The molecule has 1 aromatic heterocycles. The van der Waals surface area contributed by atoms with E-state index in [4.69, 9.17) is 0 Å². The fourth-order valence-corrected chi connectivity index (χ4v) is 11.0. The maximum absolute atomic E-state index is 2.50. The predicted molar refractivity (Wildman–Crippen MR) is 263 cm³/mol. The van der Waals surface area contributed by atoms with Crippen molar-refractivity contribution in [2.45, 2.75) is 5.41 Å². The van der Waals surface area contributed by atoms with Crippen LogP contribution in [-0.4, -0.2) is 4.57 Å². The van der Waals surface area contributed by atoms with Crippen molar-refractivity contribution in [2.75, 3.05) is 4.90 Å². The van der Waals surface area contributed by atoms with E-state index >= 15 is 0 Å². The van der Waals surface area contributed by atoms with E-state index < -0.39 is 5.41 Å². The van der Waals surface area contributed by atoms with Crippen LogP contribution in [0.2, 0.25) is 0 Å². The average Bonchev–Trinajstić information content (AvgIpc) is 3.96. The van der Waals surface area contributed by atoms with Gasteiger partial charge < -0.3 is 9.47 Å². The molecule has 0 N–H and O–H groups in total. The molecule has 63 heavy (non-hydrogen) atoms. The van der Waals surface area contributed by atoms with E-state index in [1.807, 2.05) is 0 Å². The minimum Gasteiger partial charge on any atom is -0.310 e.